The first-order valence-electron chi connectivity index (χ1n) is 28.7. The van der Waals surface area contributed by atoms with E-state index >= 15 is 0 Å². The zero-order valence-electron chi connectivity index (χ0n) is 45.4. The first-order valence-corrected chi connectivity index (χ1v) is 28.7. The fraction of sp³-hybridized carbons (Fsp3) is 0.667. The minimum Gasteiger partial charge on any atom is -0.394 e. The molecule has 6 N–H and O–H groups in total. The number of nitrogens with one attached hydrogen (secondary N) is 1. The first-order chi connectivity index (χ1) is 35.3. The number of unbranched alkanes of at least 4 members (excludes halogenated alkanes) is 17. The van der Waals surface area contributed by atoms with Gasteiger partial charge >= 0.3 is 0 Å². The van der Waals surface area contributed by atoms with Crippen LogP contribution in [-0.2, 0) is 14.3 Å². The SMILES string of the molecule is CC/C=C\C/C=C\C/C=C\C/C=C\C/C=C\C/C=C\C/C=C\C/C=C\C/C=C\C/C=C\CCCCCCCCCCCCC(=O)NC(COC1OC(CO)C(O)C(O)C1O)C(O)CCCCCCCCCC. The molecule has 1 amide bonds. The summed E-state index contributed by atoms with van der Waals surface area (Å²) in [7, 11) is 0. The molecule has 0 aromatic rings. The number of allylic oxidation sites excluding steroid dienone is 20. The zero-order chi connectivity index (χ0) is 52.2. The van der Waals surface area contributed by atoms with Gasteiger partial charge < -0.3 is 40.3 Å². The van der Waals surface area contributed by atoms with Gasteiger partial charge in [0.25, 0.3) is 0 Å². The number of ether oxygens (including phenoxy) is 2. The van der Waals surface area contributed by atoms with Crippen LogP contribution in [0.25, 0.3) is 0 Å². The second-order valence-electron chi connectivity index (χ2n) is 19.4. The number of amides is 1. The minimum absolute atomic E-state index is 0.146. The van der Waals surface area contributed by atoms with Crippen LogP contribution in [0, 0.1) is 0 Å². The number of hydrogen-bond donors (Lipinski definition) is 6. The van der Waals surface area contributed by atoms with Crippen molar-refractivity contribution in [3.05, 3.63) is 122 Å². The summed E-state index contributed by atoms with van der Waals surface area (Å²) in [6, 6.07) is -0.726. The molecule has 1 heterocycles. The Bertz CT molecular complexity index is 1540. The standard InChI is InChI=1S/C63H105NO8/c1-3-5-7-9-11-13-14-15-16-17-18-19-20-21-22-23-24-25-26-27-28-29-30-31-32-33-34-35-36-37-38-39-40-41-42-43-44-45-47-49-51-53-59(67)64-56(57(66)52-50-48-46-12-10-8-6-4-2)55-71-63-62(70)61(69)60(68)58(54-65)72-63/h5,7,11,13,15-16,18-19,21-22,24-25,27-28,30-31,33-34,36-37,56-58,60-63,65-66,68-70H,3-4,6,8-10,12,14,17,20,23,26,29,32,35,38-55H2,1-2H3,(H,64,67)/b7-5-,13-11-,16-15-,19-18-,22-21-,25-24-,28-27-,31-30-,34-33-,37-36-. The average Bonchev–Trinajstić information content (AvgIpc) is 3.38. The third-order valence-corrected chi connectivity index (χ3v) is 12.8. The molecular formula is C63H105NO8. The molecule has 0 radical (unpaired) electrons. The van der Waals surface area contributed by atoms with E-state index in [1.165, 1.54) is 77.0 Å². The van der Waals surface area contributed by atoms with Crippen molar-refractivity contribution in [3.63, 3.8) is 0 Å². The maximum Gasteiger partial charge on any atom is 0.220 e. The highest BCUT2D eigenvalue weighted by Crippen LogP contribution is 2.23. The Kier molecular flexibility index (Phi) is 47.3. The number of carbonyl (C=O) groups excluding carboxylic acids is 1. The molecular weight excluding hydrogens is 899 g/mol. The van der Waals surface area contributed by atoms with Gasteiger partial charge in [-0.25, -0.2) is 0 Å². The predicted octanol–water partition coefficient (Wildman–Crippen LogP) is 14.3. The molecule has 410 valence electrons. The number of carbonyl (C=O) groups is 1. The summed E-state index contributed by atoms with van der Waals surface area (Å²) in [6.45, 7) is 3.66. The Balaban J connectivity index is 2.08. The van der Waals surface area contributed by atoms with Crippen LogP contribution in [0.2, 0.25) is 0 Å². The Morgan fingerprint density at radius 1 is 0.486 bits per heavy atom. The Morgan fingerprint density at radius 2 is 0.861 bits per heavy atom. The second-order valence-corrected chi connectivity index (χ2v) is 19.4. The quantitative estimate of drug-likeness (QED) is 0.0261. The van der Waals surface area contributed by atoms with Crippen molar-refractivity contribution in [1.29, 1.82) is 0 Å². The van der Waals surface area contributed by atoms with Crippen molar-refractivity contribution in [2.45, 2.75) is 256 Å². The largest absolute Gasteiger partial charge is 0.394 e. The zero-order valence-corrected chi connectivity index (χ0v) is 45.4. The van der Waals surface area contributed by atoms with Crippen molar-refractivity contribution in [3.8, 4) is 0 Å². The number of aliphatic hydroxyl groups is 5. The Hall–Kier alpha value is -3.41. The fourth-order valence-electron chi connectivity index (χ4n) is 8.31. The van der Waals surface area contributed by atoms with Gasteiger partial charge in [0.2, 0.25) is 5.91 Å². The van der Waals surface area contributed by atoms with Gasteiger partial charge in [0.1, 0.15) is 24.4 Å². The molecule has 1 rings (SSSR count). The molecule has 1 fully saturated rings. The molecule has 7 unspecified atom stereocenters. The molecule has 72 heavy (non-hydrogen) atoms. The molecule has 1 saturated heterocycles. The van der Waals surface area contributed by atoms with E-state index in [2.05, 4.69) is 141 Å². The van der Waals surface area contributed by atoms with Gasteiger partial charge in [0, 0.05) is 6.42 Å². The lowest BCUT2D eigenvalue weighted by molar-refractivity contribution is -0.302. The highest BCUT2D eigenvalue weighted by Gasteiger charge is 2.44. The van der Waals surface area contributed by atoms with Crippen LogP contribution < -0.4 is 5.32 Å². The maximum atomic E-state index is 13.0. The van der Waals surface area contributed by atoms with Crippen LogP contribution in [0.3, 0.4) is 0 Å². The van der Waals surface area contributed by atoms with Gasteiger partial charge in [-0.15, -0.1) is 0 Å². The van der Waals surface area contributed by atoms with Crippen LogP contribution in [0.4, 0.5) is 0 Å². The summed E-state index contributed by atoms with van der Waals surface area (Å²) >= 11 is 0. The molecule has 9 nitrogen and oxygen atoms in total. The second kappa shape index (κ2) is 51.1. The summed E-state index contributed by atoms with van der Waals surface area (Å²) in [5, 5.41) is 54.3. The van der Waals surface area contributed by atoms with Gasteiger partial charge in [-0.1, -0.05) is 238 Å². The van der Waals surface area contributed by atoms with Crippen molar-refractivity contribution in [2.24, 2.45) is 0 Å². The van der Waals surface area contributed by atoms with Crippen molar-refractivity contribution in [2.75, 3.05) is 13.2 Å². The van der Waals surface area contributed by atoms with Crippen LogP contribution in [-0.4, -0.2) is 87.5 Å². The van der Waals surface area contributed by atoms with E-state index in [1.54, 1.807) is 0 Å². The lowest BCUT2D eigenvalue weighted by Crippen LogP contribution is -2.60. The van der Waals surface area contributed by atoms with Crippen molar-refractivity contribution >= 4 is 5.91 Å². The van der Waals surface area contributed by atoms with Crippen LogP contribution in [0.5, 0.6) is 0 Å². The molecule has 0 saturated carbocycles. The smallest absolute Gasteiger partial charge is 0.220 e. The van der Waals surface area contributed by atoms with Gasteiger partial charge in [0.15, 0.2) is 6.29 Å². The highest BCUT2D eigenvalue weighted by atomic mass is 16.7. The highest BCUT2D eigenvalue weighted by molar-refractivity contribution is 5.76. The van der Waals surface area contributed by atoms with E-state index in [0.29, 0.717) is 12.8 Å². The summed E-state index contributed by atoms with van der Waals surface area (Å²) in [6.07, 6.45) is 69.7. The molecule has 1 aliphatic heterocycles. The lowest BCUT2D eigenvalue weighted by Gasteiger charge is -2.40. The molecule has 0 aromatic heterocycles. The maximum absolute atomic E-state index is 13.0. The van der Waals surface area contributed by atoms with E-state index in [1.807, 2.05) is 0 Å². The monoisotopic (exact) mass is 1000 g/mol. The summed E-state index contributed by atoms with van der Waals surface area (Å²) in [5.74, 6) is -0.158. The molecule has 1 aliphatic rings. The van der Waals surface area contributed by atoms with E-state index in [9.17, 15) is 30.3 Å². The molecule has 0 bridgehead atoms. The summed E-state index contributed by atoms with van der Waals surface area (Å²) in [5.41, 5.74) is 0. The summed E-state index contributed by atoms with van der Waals surface area (Å²) < 4.78 is 11.2. The minimum atomic E-state index is -1.56. The number of aliphatic hydroxyl groups excluding tert-OH is 5. The lowest BCUT2D eigenvalue weighted by atomic mass is 9.99. The number of rotatable bonds is 47. The third kappa shape index (κ3) is 40.0. The molecule has 7 atom stereocenters. The fourth-order valence-corrected chi connectivity index (χ4v) is 8.31. The predicted molar refractivity (Wildman–Crippen MR) is 304 cm³/mol. The van der Waals surface area contributed by atoms with E-state index in [-0.39, 0.29) is 12.5 Å². The molecule has 0 aliphatic carbocycles. The molecule has 0 aromatic carbocycles. The number of hydrogen-bond acceptors (Lipinski definition) is 8. The molecule has 0 spiro atoms. The van der Waals surface area contributed by atoms with Gasteiger partial charge in [-0.2, -0.15) is 0 Å². The average molecular weight is 1000 g/mol. The Morgan fingerprint density at radius 3 is 1.28 bits per heavy atom. The third-order valence-electron chi connectivity index (χ3n) is 12.8. The topological polar surface area (TPSA) is 149 Å². The van der Waals surface area contributed by atoms with Crippen molar-refractivity contribution < 1.29 is 39.8 Å². The van der Waals surface area contributed by atoms with Crippen LogP contribution in [0.15, 0.2) is 122 Å². The van der Waals surface area contributed by atoms with Crippen molar-refractivity contribution in [1.82, 2.24) is 5.32 Å². The van der Waals surface area contributed by atoms with E-state index < -0.39 is 49.5 Å². The first kappa shape index (κ1) is 66.6. The van der Waals surface area contributed by atoms with E-state index in [0.717, 1.165) is 109 Å². The normalized spacial score (nSPS) is 20.1. The van der Waals surface area contributed by atoms with Crippen LogP contribution >= 0.6 is 0 Å². The van der Waals surface area contributed by atoms with Gasteiger partial charge in [-0.05, 0) is 89.9 Å². The summed E-state index contributed by atoms with van der Waals surface area (Å²) in [4.78, 5) is 13.0. The molecule has 9 heteroatoms. The van der Waals surface area contributed by atoms with Gasteiger partial charge in [-0.3, -0.25) is 4.79 Å². The van der Waals surface area contributed by atoms with E-state index in [4.69, 9.17) is 9.47 Å². The van der Waals surface area contributed by atoms with Gasteiger partial charge in [0.05, 0.1) is 25.4 Å². The Labute approximate surface area is 439 Å². The van der Waals surface area contributed by atoms with Crippen LogP contribution in [0.1, 0.15) is 213 Å².